The number of benzene rings is 6. The van der Waals surface area contributed by atoms with Gasteiger partial charge in [0.15, 0.2) is 11.8 Å². The molecule has 0 spiro atoms. The number of carbonyl (C=O) groups excluding carboxylic acids is 2. The Hall–Kier alpha value is -5.35. The number of amides is 1. The van der Waals surface area contributed by atoms with Crippen molar-refractivity contribution in [1.82, 2.24) is 9.79 Å². The van der Waals surface area contributed by atoms with E-state index >= 15 is 0 Å². The molecule has 2 heterocycles. The number of nitrogens with zero attached hydrogens (tertiary/aromatic N) is 3. The fourth-order valence-electron chi connectivity index (χ4n) is 11.8. The predicted molar refractivity (Wildman–Crippen MR) is 319 cm³/mol. The maximum Gasteiger partial charge on any atom is 1.00 e. The molecule has 3 N–H and O–H groups in total. The second kappa shape index (κ2) is 26.3. The third-order valence-electron chi connectivity index (χ3n) is 15.6. The van der Waals surface area contributed by atoms with Gasteiger partial charge in [-0.05, 0) is 179 Å². The molecule has 0 unspecified atom stereocenters. The standard InChI is InChI=1S/C64H75N5O10S2.K/c1-12-67-54-32-30-51-44(6)39-49(81(74,75)76)40-53(51)61(54)63(7,8)57(67)19-15-13-16-20-58-64(9,10)60-52-38-42(4)37-43(5)50(52)31-33-55(60)68(58)36-18-14-17-21-59(70)66-35-34-56(62(71)78-65)69(79-41(2)3)80(72,73)48-28-24-46(25-29-48)45-22-26-47(77-11)27-23-45;/h13,15-16,19-20,22-33,37-41,56H,12,14,17-18,21,34-36,65H2,1-11H3,(H-,66,70,74,75,76);/q;+1/t56-;/m1./s1. The van der Waals surface area contributed by atoms with Gasteiger partial charge in [-0.1, -0.05) is 84.6 Å². The zero-order chi connectivity index (χ0) is 58.8. The van der Waals surface area contributed by atoms with Crippen LogP contribution in [0.3, 0.4) is 0 Å². The van der Waals surface area contributed by atoms with E-state index in [1.54, 1.807) is 33.1 Å². The average Bonchev–Trinajstić information content (AvgIpc) is 3.87. The Balaban J connectivity index is 0.00000968. The normalized spacial score (nSPS) is 15.7. The van der Waals surface area contributed by atoms with Crippen LogP contribution < -0.4 is 72.2 Å². The molecule has 0 aromatic heterocycles. The largest absolute Gasteiger partial charge is 1.00 e. The van der Waals surface area contributed by atoms with Crippen LogP contribution in [0.1, 0.15) is 108 Å². The first-order valence-corrected chi connectivity index (χ1v) is 30.4. The number of allylic oxidation sites excluding steroid dienone is 6. The molecular formula is C64H75KN5O10S2+. The molecule has 1 amide bonds. The Labute approximate surface area is 526 Å². The molecule has 2 aliphatic rings. The number of nitrogens with two attached hydrogens (primary N) is 1. The van der Waals surface area contributed by atoms with Crippen molar-refractivity contribution in [2.45, 2.75) is 134 Å². The van der Waals surface area contributed by atoms with E-state index in [4.69, 9.17) is 15.5 Å². The number of rotatable bonds is 22. The van der Waals surface area contributed by atoms with Crippen LogP contribution in [-0.2, 0) is 50.2 Å². The zero-order valence-corrected chi connectivity index (χ0v) is 54.0. The number of fused-ring (bicyclic) bond motifs is 6. The summed E-state index contributed by atoms with van der Waals surface area (Å²) in [6.45, 7) is 21.6. The van der Waals surface area contributed by atoms with Gasteiger partial charge in [0, 0.05) is 60.4 Å². The van der Waals surface area contributed by atoms with Crippen molar-refractivity contribution < 1.29 is 101 Å². The molecule has 8 rings (SSSR count). The zero-order valence-electron chi connectivity index (χ0n) is 49.3. The minimum absolute atomic E-state index is 0. The van der Waals surface area contributed by atoms with E-state index in [-0.39, 0.29) is 91.9 Å². The summed E-state index contributed by atoms with van der Waals surface area (Å²) in [7, 11) is -7.53. The van der Waals surface area contributed by atoms with Crippen molar-refractivity contribution in [3.63, 3.8) is 0 Å². The molecular weight excluding hydrogens is 1100 g/mol. The van der Waals surface area contributed by atoms with Crippen LogP contribution in [0.2, 0.25) is 0 Å². The van der Waals surface area contributed by atoms with Gasteiger partial charge in [-0.15, -0.1) is 0 Å². The van der Waals surface area contributed by atoms with Crippen LogP contribution in [0.25, 0.3) is 32.7 Å². The van der Waals surface area contributed by atoms with E-state index in [0.717, 1.165) is 68.7 Å². The fraction of sp³-hybridized carbons (Fsp3) is 0.359. The first kappa shape index (κ1) is 64.2. The number of anilines is 1. The number of unbranched alkanes of at least 4 members (excludes halogenated alkanes) is 2. The van der Waals surface area contributed by atoms with Gasteiger partial charge in [0.05, 0.1) is 28.4 Å². The van der Waals surface area contributed by atoms with Crippen LogP contribution in [0.4, 0.5) is 11.4 Å². The van der Waals surface area contributed by atoms with Gasteiger partial charge in [0.1, 0.15) is 22.4 Å². The molecule has 15 nitrogen and oxygen atoms in total. The molecule has 0 fully saturated rings. The Morgan fingerprint density at radius 3 is 2.02 bits per heavy atom. The fourth-order valence-corrected chi connectivity index (χ4v) is 13.9. The Kier molecular flexibility index (Phi) is 20.6. The van der Waals surface area contributed by atoms with E-state index in [0.29, 0.717) is 29.7 Å². The van der Waals surface area contributed by atoms with Gasteiger partial charge in [0.2, 0.25) is 11.6 Å². The van der Waals surface area contributed by atoms with Crippen molar-refractivity contribution in [2.24, 2.45) is 5.90 Å². The first-order valence-electron chi connectivity index (χ1n) is 27.5. The molecule has 82 heavy (non-hydrogen) atoms. The van der Waals surface area contributed by atoms with E-state index in [2.05, 4.69) is 117 Å². The third kappa shape index (κ3) is 13.3. The van der Waals surface area contributed by atoms with E-state index < -0.39 is 43.7 Å². The molecule has 0 saturated heterocycles. The van der Waals surface area contributed by atoms with Crippen molar-refractivity contribution in [3.8, 4) is 16.9 Å². The minimum Gasteiger partial charge on any atom is -0.744 e. The van der Waals surface area contributed by atoms with Gasteiger partial charge in [-0.3, -0.25) is 9.63 Å². The second-order valence-corrected chi connectivity index (χ2v) is 25.4. The summed E-state index contributed by atoms with van der Waals surface area (Å²) >= 11 is 0. The number of hydroxylamine groups is 1. The van der Waals surface area contributed by atoms with Gasteiger partial charge in [-0.2, -0.15) is 10.5 Å². The molecule has 6 aromatic rings. The summed E-state index contributed by atoms with van der Waals surface area (Å²) in [5.74, 6) is 4.74. The monoisotopic (exact) mass is 1180 g/mol. The number of carbonyl (C=O) groups is 2. The summed E-state index contributed by atoms with van der Waals surface area (Å²) in [5.41, 5.74) is 10.5. The van der Waals surface area contributed by atoms with Crippen LogP contribution in [0, 0.1) is 20.8 Å². The van der Waals surface area contributed by atoms with E-state index in [9.17, 15) is 31.0 Å². The summed E-state index contributed by atoms with van der Waals surface area (Å²) in [6.07, 6.45) is 12.0. The quantitative estimate of drug-likeness (QED) is 0.0164. The number of aryl methyl sites for hydroxylation is 3. The van der Waals surface area contributed by atoms with Gasteiger partial charge < -0.3 is 24.3 Å². The van der Waals surface area contributed by atoms with Crippen molar-refractivity contribution in [2.75, 3.05) is 31.6 Å². The average molecular weight is 1180 g/mol. The van der Waals surface area contributed by atoms with Gasteiger partial charge in [0.25, 0.3) is 10.0 Å². The Morgan fingerprint density at radius 2 is 1.40 bits per heavy atom. The molecule has 0 bridgehead atoms. The van der Waals surface area contributed by atoms with Crippen molar-refractivity contribution in [1.29, 1.82) is 0 Å². The van der Waals surface area contributed by atoms with E-state index in [1.807, 2.05) is 49.4 Å². The summed E-state index contributed by atoms with van der Waals surface area (Å²) in [5, 5.41) is 6.97. The number of hydrogen-bond acceptors (Lipinski definition) is 12. The summed E-state index contributed by atoms with van der Waals surface area (Å²) in [6, 6.07) is 28.0. The van der Waals surface area contributed by atoms with Crippen LogP contribution >= 0.6 is 0 Å². The molecule has 428 valence electrons. The smallest absolute Gasteiger partial charge is 0.744 e. The van der Waals surface area contributed by atoms with Gasteiger partial charge >= 0.3 is 57.4 Å². The van der Waals surface area contributed by atoms with Gasteiger partial charge in [-0.25, -0.2) is 21.6 Å². The number of sulfonamides is 1. The van der Waals surface area contributed by atoms with Crippen molar-refractivity contribution in [3.05, 3.63) is 161 Å². The maximum atomic E-state index is 14.1. The summed E-state index contributed by atoms with van der Waals surface area (Å²) in [4.78, 5) is 38.8. The van der Waals surface area contributed by atoms with Crippen LogP contribution in [0.15, 0.2) is 143 Å². The Bertz CT molecular complexity index is 3760. The van der Waals surface area contributed by atoms with Crippen LogP contribution in [0.5, 0.6) is 5.75 Å². The predicted octanol–water partition coefficient (Wildman–Crippen LogP) is 8.58. The van der Waals surface area contributed by atoms with Crippen molar-refractivity contribution >= 4 is 70.6 Å². The summed E-state index contributed by atoms with van der Waals surface area (Å²) < 4.78 is 73.2. The Morgan fingerprint density at radius 1 is 0.768 bits per heavy atom. The first-order chi connectivity index (χ1) is 38.3. The second-order valence-electron chi connectivity index (χ2n) is 22.3. The molecule has 18 heteroatoms. The minimum atomic E-state index is -4.67. The third-order valence-corrected chi connectivity index (χ3v) is 18.1. The number of hydrogen-bond donors (Lipinski definition) is 2. The molecule has 0 saturated carbocycles. The number of ether oxygens (including phenoxy) is 1. The number of likely N-dealkylation sites (N-methyl/N-ethyl adjacent to an activating group) is 1. The number of nitrogens with one attached hydrogen (secondary N) is 1. The van der Waals surface area contributed by atoms with E-state index in [1.165, 1.54) is 51.7 Å². The molecule has 2 aliphatic heterocycles. The molecule has 1 atom stereocenters. The molecule has 0 aliphatic carbocycles. The molecule has 6 aromatic carbocycles. The SMILES string of the molecule is CCN1C(=CC=CC=CC2=[N+](CCCCCC(=O)NCC[C@H](C(=O)ON)N(OC(C)C)S(=O)(=O)c3ccc(-c4ccc(OC)cc4)cc3)c3ccc4c(C)cc(C)cc4c3C2(C)C)C(C)(C)c2c1ccc1c(C)cc(S(=O)(=O)[O-])cc21.[K+]. The maximum absolute atomic E-state index is 14.1. The molecule has 0 radical (unpaired) electrons. The topological polar surface area (TPSA) is 201 Å². The van der Waals surface area contributed by atoms with Crippen LogP contribution in [-0.4, -0.2) is 86.9 Å². The number of methoxy groups -OCH3 is 1.